The molecule has 2 unspecified atom stereocenters. The fourth-order valence-corrected chi connectivity index (χ4v) is 2.75. The molecule has 0 aliphatic carbocycles. The molecule has 0 aromatic heterocycles. The van der Waals surface area contributed by atoms with E-state index in [1.807, 2.05) is 0 Å². The molecule has 1 fully saturated rings. The van der Waals surface area contributed by atoms with E-state index in [4.69, 9.17) is 4.74 Å². The Morgan fingerprint density at radius 1 is 1.23 bits per heavy atom. The first-order valence-corrected chi connectivity index (χ1v) is 8.07. The summed E-state index contributed by atoms with van der Waals surface area (Å²) in [5, 5.41) is 8.41. The third kappa shape index (κ3) is 4.95. The van der Waals surface area contributed by atoms with Crippen LogP contribution in [0.15, 0.2) is 24.3 Å². The lowest BCUT2D eigenvalue weighted by atomic mass is 9.92. The van der Waals surface area contributed by atoms with Gasteiger partial charge >= 0.3 is 6.18 Å². The van der Waals surface area contributed by atoms with Crippen molar-refractivity contribution in [1.29, 1.82) is 0 Å². The Morgan fingerprint density at radius 3 is 2.35 bits per heavy atom. The summed E-state index contributed by atoms with van der Waals surface area (Å²) in [4.78, 5) is 24.3. The Morgan fingerprint density at radius 2 is 1.81 bits per heavy atom. The monoisotopic (exact) mass is 373 g/mol. The van der Waals surface area contributed by atoms with Gasteiger partial charge in [-0.15, -0.1) is 0 Å². The van der Waals surface area contributed by atoms with Crippen molar-refractivity contribution in [1.82, 2.24) is 16.0 Å². The van der Waals surface area contributed by atoms with Gasteiger partial charge in [0.2, 0.25) is 11.8 Å². The van der Waals surface area contributed by atoms with Gasteiger partial charge in [-0.3, -0.25) is 14.9 Å². The number of methoxy groups -OCH3 is 1. The molecule has 1 aromatic rings. The van der Waals surface area contributed by atoms with Crippen molar-refractivity contribution in [3.63, 3.8) is 0 Å². The second-order valence-corrected chi connectivity index (χ2v) is 6.69. The number of benzene rings is 1. The zero-order valence-corrected chi connectivity index (χ0v) is 14.7. The molecule has 0 bridgehead atoms. The van der Waals surface area contributed by atoms with Gasteiger partial charge in [0, 0.05) is 7.11 Å². The molecule has 2 atom stereocenters. The van der Waals surface area contributed by atoms with Crippen LogP contribution in [0.3, 0.4) is 0 Å². The standard InChI is InChI=1S/C17H22F3N3O3/c1-16(2,10-4-6-11(7-5-10)17(18,19)20)23-15(25)12-8-14(24)22-13(21-12)9-26-3/h4-7,12-13,21H,8-9H2,1-3H3,(H,22,24)(H,23,25). The van der Waals surface area contributed by atoms with E-state index in [0.717, 1.165) is 12.1 Å². The number of hydrogen-bond acceptors (Lipinski definition) is 4. The molecule has 1 saturated heterocycles. The third-order valence-corrected chi connectivity index (χ3v) is 4.15. The zero-order chi connectivity index (χ0) is 19.5. The van der Waals surface area contributed by atoms with Crippen molar-refractivity contribution in [3.05, 3.63) is 35.4 Å². The van der Waals surface area contributed by atoms with E-state index in [-0.39, 0.29) is 18.9 Å². The molecule has 0 saturated carbocycles. The minimum absolute atomic E-state index is 0.0326. The third-order valence-electron chi connectivity index (χ3n) is 4.15. The fourth-order valence-electron chi connectivity index (χ4n) is 2.75. The molecular formula is C17H22F3N3O3. The highest BCUT2D eigenvalue weighted by atomic mass is 19.4. The fraction of sp³-hybridized carbons (Fsp3) is 0.529. The second kappa shape index (κ2) is 7.63. The first-order chi connectivity index (χ1) is 12.0. The highest BCUT2D eigenvalue weighted by molar-refractivity contribution is 5.90. The van der Waals surface area contributed by atoms with Gasteiger partial charge in [0.25, 0.3) is 0 Å². The van der Waals surface area contributed by atoms with Crippen LogP contribution in [0.2, 0.25) is 0 Å². The number of rotatable bonds is 5. The van der Waals surface area contributed by atoms with Crippen LogP contribution in [0.4, 0.5) is 13.2 Å². The van der Waals surface area contributed by atoms with E-state index in [0.29, 0.717) is 5.56 Å². The maximum Gasteiger partial charge on any atom is 0.416 e. The minimum Gasteiger partial charge on any atom is -0.381 e. The van der Waals surface area contributed by atoms with Gasteiger partial charge in [-0.05, 0) is 31.5 Å². The summed E-state index contributed by atoms with van der Waals surface area (Å²) in [6, 6.07) is 3.86. The first-order valence-electron chi connectivity index (χ1n) is 8.07. The summed E-state index contributed by atoms with van der Waals surface area (Å²) in [5.41, 5.74) is -1.14. The van der Waals surface area contributed by atoms with E-state index < -0.39 is 35.4 Å². The van der Waals surface area contributed by atoms with E-state index in [1.165, 1.54) is 19.2 Å². The molecule has 1 heterocycles. The number of carbonyl (C=O) groups excluding carboxylic acids is 2. The van der Waals surface area contributed by atoms with Gasteiger partial charge in [-0.2, -0.15) is 13.2 Å². The van der Waals surface area contributed by atoms with Crippen molar-refractivity contribution in [3.8, 4) is 0 Å². The quantitative estimate of drug-likeness (QED) is 0.731. The molecule has 1 aliphatic rings. The Bertz CT molecular complexity index is 659. The van der Waals surface area contributed by atoms with Crippen molar-refractivity contribution >= 4 is 11.8 Å². The maximum atomic E-state index is 12.7. The lowest BCUT2D eigenvalue weighted by molar-refractivity contribution is -0.137. The predicted octanol–water partition coefficient (Wildman–Crippen LogP) is 1.51. The van der Waals surface area contributed by atoms with Crippen molar-refractivity contribution in [2.45, 2.75) is 44.2 Å². The van der Waals surface area contributed by atoms with Crippen molar-refractivity contribution < 1.29 is 27.5 Å². The second-order valence-electron chi connectivity index (χ2n) is 6.69. The van der Waals surface area contributed by atoms with Crippen LogP contribution in [-0.2, 0) is 26.0 Å². The number of carbonyl (C=O) groups is 2. The lowest BCUT2D eigenvalue weighted by Crippen LogP contribution is -2.63. The molecule has 1 aliphatic heterocycles. The summed E-state index contributed by atoms with van der Waals surface area (Å²) >= 11 is 0. The van der Waals surface area contributed by atoms with Crippen molar-refractivity contribution in [2.75, 3.05) is 13.7 Å². The molecule has 26 heavy (non-hydrogen) atoms. The normalized spacial score (nSPS) is 21.2. The SMILES string of the molecule is COCC1NC(=O)CC(C(=O)NC(C)(C)c2ccc(C(F)(F)F)cc2)N1. The Labute approximate surface area is 149 Å². The lowest BCUT2D eigenvalue weighted by Gasteiger charge is -2.34. The molecule has 0 spiro atoms. The van der Waals surface area contributed by atoms with Crippen LogP contribution in [0.1, 0.15) is 31.4 Å². The summed E-state index contributed by atoms with van der Waals surface area (Å²) in [6.45, 7) is 3.57. The number of halogens is 3. The Balaban J connectivity index is 2.07. The predicted molar refractivity (Wildman–Crippen MR) is 88.0 cm³/mol. The van der Waals surface area contributed by atoms with Gasteiger partial charge in [0.05, 0.1) is 30.2 Å². The first kappa shape index (κ1) is 20.2. The van der Waals surface area contributed by atoms with Gasteiger partial charge in [0.15, 0.2) is 0 Å². The van der Waals surface area contributed by atoms with Gasteiger partial charge in [-0.25, -0.2) is 0 Å². The molecule has 9 heteroatoms. The maximum absolute atomic E-state index is 12.7. The molecular weight excluding hydrogens is 351 g/mol. The van der Waals surface area contributed by atoms with Crippen LogP contribution in [0, 0.1) is 0 Å². The number of hydrogen-bond donors (Lipinski definition) is 3. The van der Waals surface area contributed by atoms with E-state index in [1.54, 1.807) is 13.8 Å². The minimum atomic E-state index is -4.42. The van der Waals surface area contributed by atoms with Gasteiger partial charge in [0.1, 0.15) is 6.17 Å². The Hall–Kier alpha value is -2.13. The summed E-state index contributed by atoms with van der Waals surface area (Å²) < 4.78 is 43.0. The number of alkyl halides is 3. The molecule has 2 rings (SSSR count). The van der Waals surface area contributed by atoms with E-state index in [9.17, 15) is 22.8 Å². The number of ether oxygens (including phenoxy) is 1. The average molecular weight is 373 g/mol. The van der Waals surface area contributed by atoms with Crippen LogP contribution < -0.4 is 16.0 Å². The van der Waals surface area contributed by atoms with Crippen LogP contribution in [-0.4, -0.2) is 37.7 Å². The summed E-state index contributed by atoms with van der Waals surface area (Å²) in [6.07, 6.45) is -4.93. The molecule has 0 radical (unpaired) electrons. The highest BCUT2D eigenvalue weighted by Crippen LogP contribution is 2.31. The summed E-state index contributed by atoms with van der Waals surface area (Å²) in [5.74, 6) is -0.691. The van der Waals surface area contributed by atoms with E-state index >= 15 is 0 Å². The highest BCUT2D eigenvalue weighted by Gasteiger charge is 2.34. The Kier molecular flexibility index (Phi) is 5.92. The van der Waals surface area contributed by atoms with Crippen LogP contribution in [0.25, 0.3) is 0 Å². The van der Waals surface area contributed by atoms with Crippen molar-refractivity contribution in [2.24, 2.45) is 0 Å². The van der Waals surface area contributed by atoms with Crippen LogP contribution >= 0.6 is 0 Å². The number of nitrogens with one attached hydrogen (secondary N) is 3. The largest absolute Gasteiger partial charge is 0.416 e. The molecule has 144 valence electrons. The van der Waals surface area contributed by atoms with E-state index in [2.05, 4.69) is 16.0 Å². The topological polar surface area (TPSA) is 79.5 Å². The molecule has 1 aromatic carbocycles. The molecule has 6 nitrogen and oxygen atoms in total. The summed E-state index contributed by atoms with van der Waals surface area (Å²) in [7, 11) is 1.48. The average Bonchev–Trinajstić information content (AvgIpc) is 2.53. The number of amides is 2. The van der Waals surface area contributed by atoms with Crippen LogP contribution in [0.5, 0.6) is 0 Å². The van der Waals surface area contributed by atoms with Gasteiger partial charge < -0.3 is 15.4 Å². The smallest absolute Gasteiger partial charge is 0.381 e. The van der Waals surface area contributed by atoms with Gasteiger partial charge in [-0.1, -0.05) is 12.1 Å². The molecule has 3 N–H and O–H groups in total. The zero-order valence-electron chi connectivity index (χ0n) is 14.7. The molecule has 2 amide bonds.